The Morgan fingerprint density at radius 1 is 1.60 bits per heavy atom. The van der Waals surface area contributed by atoms with Crippen LogP contribution in [0, 0.1) is 12.7 Å². The maximum absolute atomic E-state index is 12.8. The zero-order valence-corrected chi connectivity index (χ0v) is 8.50. The second-order valence-electron chi connectivity index (χ2n) is 3.20. The summed E-state index contributed by atoms with van der Waals surface area (Å²) in [5, 5.41) is 8.37. The van der Waals surface area contributed by atoms with E-state index in [1.807, 2.05) is 6.92 Å². The number of nitrogens with zero attached hydrogens (tertiary/aromatic N) is 1. The van der Waals surface area contributed by atoms with Gasteiger partial charge in [-0.2, -0.15) is 0 Å². The normalized spacial score (nSPS) is 11.5. The van der Waals surface area contributed by atoms with Crippen LogP contribution in [0.15, 0.2) is 23.2 Å². The van der Waals surface area contributed by atoms with Crippen LogP contribution in [0.1, 0.15) is 11.1 Å². The van der Waals surface area contributed by atoms with Crippen LogP contribution >= 0.6 is 0 Å². The number of aliphatic imine (C=N–C) groups is 1. The third kappa shape index (κ3) is 3.55. The molecule has 4 N–H and O–H groups in total. The fraction of sp³-hybridized carbons (Fsp3) is 0.300. The predicted molar refractivity (Wildman–Crippen MR) is 56.3 cm³/mol. The monoisotopic (exact) mass is 211 g/mol. The van der Waals surface area contributed by atoms with Crippen molar-refractivity contribution in [1.29, 1.82) is 0 Å². The molecule has 1 aromatic carbocycles. The zero-order chi connectivity index (χ0) is 11.3. The number of hydrogen-bond acceptors (Lipinski definition) is 2. The lowest BCUT2D eigenvalue weighted by atomic mass is 10.1. The molecule has 0 amide bonds. The smallest absolute Gasteiger partial charge is 0.212 e. The molecule has 5 heteroatoms. The highest BCUT2D eigenvalue weighted by atomic mass is 19.1. The van der Waals surface area contributed by atoms with Gasteiger partial charge in [-0.15, -0.1) is 0 Å². The van der Waals surface area contributed by atoms with Gasteiger partial charge in [0.25, 0.3) is 0 Å². The average molecular weight is 211 g/mol. The summed E-state index contributed by atoms with van der Waals surface area (Å²) in [7, 11) is 0. The van der Waals surface area contributed by atoms with Crippen molar-refractivity contribution < 1.29 is 9.60 Å². The lowest BCUT2D eigenvalue weighted by Crippen LogP contribution is -2.28. The Balaban J connectivity index is 2.58. The minimum Gasteiger partial charge on any atom is -0.368 e. The van der Waals surface area contributed by atoms with Gasteiger partial charge in [0.15, 0.2) is 0 Å². The van der Waals surface area contributed by atoms with Crippen LogP contribution in [0.25, 0.3) is 0 Å². The number of aryl methyl sites for hydroxylation is 1. The van der Waals surface area contributed by atoms with Crippen LogP contribution in [0.5, 0.6) is 0 Å². The lowest BCUT2D eigenvalue weighted by molar-refractivity contribution is 0.232. The topological polar surface area (TPSA) is 70.6 Å². The van der Waals surface area contributed by atoms with Gasteiger partial charge < -0.3 is 5.73 Å². The molecule has 0 aromatic heterocycles. The van der Waals surface area contributed by atoms with E-state index in [0.717, 1.165) is 11.1 Å². The van der Waals surface area contributed by atoms with Gasteiger partial charge in [0.1, 0.15) is 5.82 Å². The van der Waals surface area contributed by atoms with Crippen molar-refractivity contribution in [2.45, 2.75) is 13.3 Å². The first kappa shape index (κ1) is 11.5. The fourth-order valence-electron chi connectivity index (χ4n) is 1.27. The number of guanidine groups is 1. The average Bonchev–Trinajstić information content (AvgIpc) is 2.21. The number of halogens is 1. The summed E-state index contributed by atoms with van der Waals surface area (Å²) in [5.74, 6) is -0.258. The molecule has 82 valence electrons. The molecule has 15 heavy (non-hydrogen) atoms. The van der Waals surface area contributed by atoms with Crippen LogP contribution in [0.4, 0.5) is 4.39 Å². The van der Waals surface area contributed by atoms with E-state index in [2.05, 4.69) is 4.99 Å². The Kier molecular flexibility index (Phi) is 4.05. The minimum atomic E-state index is -0.240. The maximum atomic E-state index is 12.8. The van der Waals surface area contributed by atoms with E-state index in [1.54, 1.807) is 11.5 Å². The molecule has 0 aliphatic heterocycles. The summed E-state index contributed by atoms with van der Waals surface area (Å²) >= 11 is 0. The fourth-order valence-corrected chi connectivity index (χ4v) is 1.27. The Morgan fingerprint density at radius 3 is 2.93 bits per heavy atom. The van der Waals surface area contributed by atoms with Gasteiger partial charge in [0.05, 0.1) is 0 Å². The van der Waals surface area contributed by atoms with Gasteiger partial charge in [-0.05, 0) is 36.6 Å². The molecule has 1 aromatic rings. The van der Waals surface area contributed by atoms with Crippen molar-refractivity contribution in [3.63, 3.8) is 0 Å². The Bertz CT molecular complexity index is 366. The Labute approximate surface area is 87.6 Å². The summed E-state index contributed by atoms with van der Waals surface area (Å²) in [4.78, 5) is 3.84. The lowest BCUT2D eigenvalue weighted by Gasteiger charge is -2.04. The molecule has 1 rings (SSSR count). The van der Waals surface area contributed by atoms with Crippen molar-refractivity contribution in [2.75, 3.05) is 6.54 Å². The van der Waals surface area contributed by atoms with Crippen LogP contribution < -0.4 is 11.2 Å². The molecule has 0 fully saturated rings. The molecular weight excluding hydrogens is 197 g/mol. The van der Waals surface area contributed by atoms with E-state index in [0.29, 0.717) is 13.0 Å². The van der Waals surface area contributed by atoms with Gasteiger partial charge in [0, 0.05) is 6.54 Å². The largest absolute Gasteiger partial charge is 0.368 e. The first-order valence-electron chi connectivity index (χ1n) is 4.58. The third-order valence-electron chi connectivity index (χ3n) is 2.08. The molecule has 0 saturated carbocycles. The van der Waals surface area contributed by atoms with E-state index in [1.165, 1.54) is 12.1 Å². The molecule has 0 bridgehead atoms. The standard InChI is InChI=1S/C10H14FN3O/c1-7-6-9(11)3-2-8(7)4-5-13-10(12)14-15/h2-3,6,15H,4-5H2,1H3,(H3,12,13,14). The second-order valence-corrected chi connectivity index (χ2v) is 3.20. The third-order valence-corrected chi connectivity index (χ3v) is 2.08. The van der Waals surface area contributed by atoms with Gasteiger partial charge >= 0.3 is 0 Å². The first-order chi connectivity index (χ1) is 7.13. The molecule has 0 aliphatic rings. The summed E-state index contributed by atoms with van der Waals surface area (Å²) in [6.07, 6.45) is 0.661. The van der Waals surface area contributed by atoms with E-state index < -0.39 is 0 Å². The zero-order valence-electron chi connectivity index (χ0n) is 8.50. The molecule has 0 radical (unpaired) electrons. The van der Waals surface area contributed by atoms with E-state index >= 15 is 0 Å². The predicted octanol–water partition coefficient (Wildman–Crippen LogP) is 0.970. The molecule has 0 atom stereocenters. The number of hydroxylamine groups is 1. The number of nitrogens with one attached hydrogen (secondary N) is 1. The summed E-state index contributed by atoms with van der Waals surface area (Å²) in [6, 6.07) is 4.62. The van der Waals surface area contributed by atoms with E-state index in [9.17, 15) is 4.39 Å². The van der Waals surface area contributed by atoms with Crippen LogP contribution in [-0.2, 0) is 6.42 Å². The highest BCUT2D eigenvalue weighted by Gasteiger charge is 1.99. The highest BCUT2D eigenvalue weighted by Crippen LogP contribution is 2.10. The number of rotatable bonds is 3. The summed E-state index contributed by atoms with van der Waals surface area (Å²) < 4.78 is 12.8. The summed E-state index contributed by atoms with van der Waals surface area (Å²) in [6.45, 7) is 2.29. The summed E-state index contributed by atoms with van der Waals surface area (Å²) in [5.41, 5.74) is 8.88. The quantitative estimate of drug-likeness (QED) is 0.396. The molecule has 4 nitrogen and oxygen atoms in total. The number of benzene rings is 1. The van der Waals surface area contributed by atoms with Crippen molar-refractivity contribution in [2.24, 2.45) is 10.7 Å². The van der Waals surface area contributed by atoms with Crippen molar-refractivity contribution in [3.05, 3.63) is 35.1 Å². The molecule has 0 unspecified atom stereocenters. The second kappa shape index (κ2) is 5.31. The number of hydrogen-bond donors (Lipinski definition) is 3. The number of nitrogens with two attached hydrogens (primary N) is 1. The Hall–Kier alpha value is -1.62. The van der Waals surface area contributed by atoms with Gasteiger partial charge in [-0.1, -0.05) is 6.07 Å². The van der Waals surface area contributed by atoms with Crippen molar-refractivity contribution in [3.8, 4) is 0 Å². The van der Waals surface area contributed by atoms with Crippen LogP contribution in [-0.4, -0.2) is 17.7 Å². The molecule has 0 heterocycles. The maximum Gasteiger partial charge on any atom is 0.212 e. The molecular formula is C10H14FN3O. The highest BCUT2D eigenvalue weighted by molar-refractivity contribution is 5.76. The van der Waals surface area contributed by atoms with E-state index in [4.69, 9.17) is 10.9 Å². The van der Waals surface area contributed by atoms with E-state index in [-0.39, 0.29) is 11.8 Å². The minimum absolute atomic E-state index is 0.0187. The van der Waals surface area contributed by atoms with Gasteiger partial charge in [-0.25, -0.2) is 9.87 Å². The molecule has 0 spiro atoms. The van der Waals surface area contributed by atoms with Gasteiger partial charge in [-0.3, -0.25) is 10.2 Å². The van der Waals surface area contributed by atoms with Gasteiger partial charge in [0.2, 0.25) is 5.96 Å². The first-order valence-corrected chi connectivity index (χ1v) is 4.58. The molecule has 0 saturated heterocycles. The Morgan fingerprint density at radius 2 is 2.33 bits per heavy atom. The SMILES string of the molecule is Cc1cc(F)ccc1CCN=C(N)NO. The van der Waals surface area contributed by atoms with Crippen molar-refractivity contribution in [1.82, 2.24) is 5.48 Å². The van der Waals surface area contributed by atoms with Crippen LogP contribution in [0.2, 0.25) is 0 Å². The van der Waals surface area contributed by atoms with Crippen molar-refractivity contribution >= 4 is 5.96 Å². The van der Waals surface area contributed by atoms with Crippen LogP contribution in [0.3, 0.4) is 0 Å². The molecule has 0 aliphatic carbocycles.